The Bertz CT molecular complexity index is 1680. The molecule has 0 spiro atoms. The number of pyridine rings is 1. The lowest BCUT2D eigenvalue weighted by atomic mass is 10.1. The van der Waals surface area contributed by atoms with Crippen molar-refractivity contribution in [2.45, 2.75) is 17.2 Å². The van der Waals surface area contributed by atoms with Crippen molar-refractivity contribution in [1.29, 1.82) is 0 Å². The summed E-state index contributed by atoms with van der Waals surface area (Å²) in [7, 11) is -4.19. The van der Waals surface area contributed by atoms with Gasteiger partial charge in [0, 0.05) is 40.8 Å². The van der Waals surface area contributed by atoms with Gasteiger partial charge in [0.15, 0.2) is 0 Å². The molecule has 1 fully saturated rings. The Kier molecular flexibility index (Phi) is 7.48. The molecule has 9 nitrogen and oxygen atoms in total. The van der Waals surface area contributed by atoms with Crippen molar-refractivity contribution in [3.8, 4) is 16.9 Å². The molecule has 0 aliphatic carbocycles. The highest BCUT2D eigenvalue weighted by atomic mass is 35.5. The third-order valence-electron chi connectivity index (χ3n) is 6.32. The van der Waals surface area contributed by atoms with Crippen LogP contribution in [0.25, 0.3) is 22.0 Å². The fraction of sp³-hybridized carbons (Fsp3) is 0.231. The average molecular weight is 595 g/mol. The predicted octanol–water partition coefficient (Wildman–Crippen LogP) is 4.47. The Morgan fingerprint density at radius 3 is 2.67 bits per heavy atom. The van der Waals surface area contributed by atoms with E-state index in [2.05, 4.69) is 9.97 Å². The van der Waals surface area contributed by atoms with Gasteiger partial charge in [0.1, 0.15) is 34.7 Å². The second-order valence-electron chi connectivity index (χ2n) is 9.01. The van der Waals surface area contributed by atoms with E-state index in [9.17, 15) is 26.4 Å². The molecule has 0 radical (unpaired) electrons. The number of aromatic amines is 1. The van der Waals surface area contributed by atoms with Crippen molar-refractivity contribution in [2.24, 2.45) is 5.73 Å². The highest BCUT2D eigenvalue weighted by Crippen LogP contribution is 2.33. The van der Waals surface area contributed by atoms with Crippen LogP contribution in [0.4, 0.5) is 13.2 Å². The zero-order chi connectivity index (χ0) is 28.7. The van der Waals surface area contributed by atoms with Crippen LogP contribution in [0.3, 0.4) is 0 Å². The first-order valence-corrected chi connectivity index (χ1v) is 13.7. The number of amides is 1. The molecule has 210 valence electrons. The maximum absolute atomic E-state index is 13.7. The summed E-state index contributed by atoms with van der Waals surface area (Å²) in [6.07, 6.45) is -4.05. The molecule has 1 saturated heterocycles. The van der Waals surface area contributed by atoms with Crippen molar-refractivity contribution in [2.75, 3.05) is 26.3 Å². The fourth-order valence-corrected chi connectivity index (χ4v) is 6.37. The minimum Gasteiger partial charge on any atom is -0.491 e. The number of aromatic nitrogens is 2. The van der Waals surface area contributed by atoms with E-state index in [0.717, 1.165) is 12.3 Å². The number of nitrogens with zero attached hydrogens (tertiary/aromatic N) is 2. The highest BCUT2D eigenvalue weighted by molar-refractivity contribution is 7.89. The van der Waals surface area contributed by atoms with E-state index in [4.69, 9.17) is 26.8 Å². The first-order valence-electron chi connectivity index (χ1n) is 11.9. The topological polar surface area (TPSA) is 128 Å². The monoisotopic (exact) mass is 594 g/mol. The minimum absolute atomic E-state index is 0.0108. The van der Waals surface area contributed by atoms with E-state index in [1.807, 2.05) is 0 Å². The third kappa shape index (κ3) is 5.63. The second-order valence-corrected chi connectivity index (χ2v) is 11.3. The predicted molar refractivity (Wildman–Crippen MR) is 140 cm³/mol. The van der Waals surface area contributed by atoms with E-state index in [0.29, 0.717) is 27.4 Å². The number of morpholine rings is 1. The number of hydrogen-bond donors (Lipinski definition) is 2. The number of benzene rings is 2. The number of primary amides is 1. The number of ether oxygens (including phenoxy) is 2. The summed E-state index contributed by atoms with van der Waals surface area (Å²) in [6, 6.07) is 13.5. The molecule has 3 N–H and O–H groups in total. The number of hydrogen-bond acceptors (Lipinski definition) is 6. The van der Waals surface area contributed by atoms with Gasteiger partial charge in [-0.25, -0.2) is 8.42 Å². The van der Waals surface area contributed by atoms with Crippen LogP contribution in [0.15, 0.2) is 65.7 Å². The number of carbonyl (C=O) groups is 1. The molecular formula is C26H22ClF3N4O5S. The lowest BCUT2D eigenvalue weighted by molar-refractivity contribution is -0.141. The summed E-state index contributed by atoms with van der Waals surface area (Å²) in [6.45, 7) is 0.0552. The van der Waals surface area contributed by atoms with Gasteiger partial charge in [0.25, 0.3) is 5.91 Å². The average Bonchev–Trinajstić information content (AvgIpc) is 3.32. The Balaban J connectivity index is 1.31. The summed E-state index contributed by atoms with van der Waals surface area (Å²) < 4.78 is 78.6. The number of nitrogens with two attached hydrogens (primary N) is 1. The second kappa shape index (κ2) is 10.7. The molecule has 2 aromatic heterocycles. The molecule has 1 aliphatic heterocycles. The van der Waals surface area contributed by atoms with Crippen LogP contribution in [0.1, 0.15) is 16.2 Å². The molecule has 1 amide bonds. The molecule has 2 aromatic carbocycles. The summed E-state index contributed by atoms with van der Waals surface area (Å²) >= 11 is 6.09. The van der Waals surface area contributed by atoms with Crippen LogP contribution in [0.5, 0.6) is 5.75 Å². The maximum Gasteiger partial charge on any atom is 0.433 e. The van der Waals surface area contributed by atoms with Gasteiger partial charge < -0.3 is 20.2 Å². The van der Waals surface area contributed by atoms with Crippen molar-refractivity contribution in [1.82, 2.24) is 14.3 Å². The van der Waals surface area contributed by atoms with Gasteiger partial charge in [0.05, 0.1) is 6.61 Å². The molecule has 0 bridgehead atoms. The number of rotatable bonds is 7. The molecular weight excluding hydrogens is 573 g/mol. The number of alkyl halides is 3. The van der Waals surface area contributed by atoms with E-state index in [1.165, 1.54) is 16.4 Å². The van der Waals surface area contributed by atoms with Gasteiger partial charge in [-0.15, -0.1) is 0 Å². The fourth-order valence-electron chi connectivity index (χ4n) is 4.41. The lowest BCUT2D eigenvalue weighted by Gasteiger charge is -2.32. The van der Waals surface area contributed by atoms with Crippen molar-refractivity contribution >= 4 is 38.4 Å². The van der Waals surface area contributed by atoms with Gasteiger partial charge >= 0.3 is 6.18 Å². The largest absolute Gasteiger partial charge is 0.491 e. The van der Waals surface area contributed by atoms with Gasteiger partial charge in [-0.2, -0.15) is 17.5 Å². The van der Waals surface area contributed by atoms with E-state index in [1.54, 1.807) is 36.4 Å². The normalized spacial score (nSPS) is 16.8. The van der Waals surface area contributed by atoms with Gasteiger partial charge in [0.2, 0.25) is 10.0 Å². The first-order chi connectivity index (χ1) is 18.9. The molecule has 1 atom stereocenters. The van der Waals surface area contributed by atoms with Crippen LogP contribution >= 0.6 is 11.6 Å². The van der Waals surface area contributed by atoms with Crippen molar-refractivity contribution in [3.63, 3.8) is 0 Å². The first kappa shape index (κ1) is 27.9. The summed E-state index contributed by atoms with van der Waals surface area (Å²) in [5.41, 5.74) is 5.69. The Hall–Kier alpha value is -3.65. The minimum atomic E-state index is -4.53. The zero-order valence-corrected chi connectivity index (χ0v) is 22.2. The smallest absolute Gasteiger partial charge is 0.433 e. The van der Waals surface area contributed by atoms with Gasteiger partial charge in [-0.1, -0.05) is 29.8 Å². The number of carbonyl (C=O) groups excluding carboxylic acids is 1. The molecule has 1 aliphatic rings. The number of sulfonamides is 1. The number of halogens is 4. The zero-order valence-electron chi connectivity index (χ0n) is 20.6. The maximum atomic E-state index is 13.7. The number of fused-ring (bicyclic) bond motifs is 1. The molecule has 14 heteroatoms. The number of H-pyrrole nitrogens is 1. The lowest BCUT2D eigenvalue weighted by Crippen LogP contribution is -2.47. The summed E-state index contributed by atoms with van der Waals surface area (Å²) in [4.78, 5) is 18.1. The Morgan fingerprint density at radius 1 is 1.18 bits per heavy atom. The van der Waals surface area contributed by atoms with E-state index >= 15 is 0 Å². The molecule has 4 aromatic rings. The van der Waals surface area contributed by atoms with Crippen LogP contribution in [-0.4, -0.2) is 61.0 Å². The molecule has 0 saturated carbocycles. The summed E-state index contributed by atoms with van der Waals surface area (Å²) in [5.74, 6) is -0.523. The third-order valence-corrected chi connectivity index (χ3v) is 8.50. The van der Waals surface area contributed by atoms with E-state index < -0.39 is 33.9 Å². The standard InChI is InChI=1S/C26H22ClF3N4O5S/c27-17-5-6-21-20(11-17)24(23(33-21)25(31)35)40(36,37)34-8-9-38-19(13-34)14-39-18-3-1-2-15(10-18)16-4-7-22(32-12-16)26(28,29)30/h1-7,10-12,19,33H,8-9,13-14H2,(H2,31,35). The highest BCUT2D eigenvalue weighted by Gasteiger charge is 2.36. The molecule has 40 heavy (non-hydrogen) atoms. The SMILES string of the molecule is NC(=O)c1[nH]c2ccc(Cl)cc2c1S(=O)(=O)N1CCOC(COc2cccc(-c3ccc(C(F)(F)F)nc3)c2)C1. The van der Waals surface area contributed by atoms with Crippen molar-refractivity contribution in [3.05, 3.63) is 77.2 Å². The Labute approximate surface area is 231 Å². The molecule has 1 unspecified atom stereocenters. The molecule has 3 heterocycles. The quantitative estimate of drug-likeness (QED) is 0.325. The Morgan fingerprint density at radius 2 is 1.98 bits per heavy atom. The molecule has 5 rings (SSSR count). The number of nitrogens with one attached hydrogen (secondary N) is 1. The van der Waals surface area contributed by atoms with Crippen LogP contribution in [0.2, 0.25) is 5.02 Å². The van der Waals surface area contributed by atoms with Crippen molar-refractivity contribution < 1.29 is 35.9 Å². The van der Waals surface area contributed by atoms with Crippen LogP contribution in [-0.2, 0) is 20.9 Å². The van der Waals surface area contributed by atoms with Gasteiger partial charge in [-0.3, -0.25) is 9.78 Å². The van der Waals surface area contributed by atoms with Crippen LogP contribution < -0.4 is 10.5 Å². The van der Waals surface area contributed by atoms with Gasteiger partial charge in [-0.05, 0) is 42.0 Å². The van der Waals surface area contributed by atoms with Crippen LogP contribution in [0, 0.1) is 0 Å². The summed E-state index contributed by atoms with van der Waals surface area (Å²) in [5, 5.41) is 0.539. The van der Waals surface area contributed by atoms with E-state index in [-0.39, 0.29) is 42.3 Å².